The Morgan fingerprint density at radius 3 is 2.44 bits per heavy atom. The third-order valence-electron chi connectivity index (χ3n) is 4.18. The molecule has 1 unspecified atom stereocenters. The SMILES string of the molecule is N#CCNC(=O)C(Cc1ccccc1)c1ccc(OC(F)(F)F)c(O)c1C(=S)NC(N)=O. The number of phenolic OH excluding ortho intramolecular Hbond substituents is 1. The van der Waals surface area contributed by atoms with Gasteiger partial charge in [-0.25, -0.2) is 4.79 Å². The molecule has 0 aliphatic carbocycles. The van der Waals surface area contributed by atoms with Crippen molar-refractivity contribution in [2.45, 2.75) is 18.7 Å². The van der Waals surface area contributed by atoms with Gasteiger partial charge in [-0.1, -0.05) is 48.6 Å². The van der Waals surface area contributed by atoms with Gasteiger partial charge in [0.1, 0.15) is 11.5 Å². The van der Waals surface area contributed by atoms with Crippen LogP contribution in [0.1, 0.15) is 22.6 Å². The van der Waals surface area contributed by atoms with Gasteiger partial charge < -0.3 is 20.9 Å². The molecule has 0 aromatic heterocycles. The van der Waals surface area contributed by atoms with Crippen LogP contribution in [0, 0.1) is 11.3 Å². The Kier molecular flexibility index (Phi) is 7.97. The first kappa shape index (κ1) is 24.4. The first-order chi connectivity index (χ1) is 15.0. The molecule has 0 saturated carbocycles. The molecule has 2 aromatic rings. The lowest BCUT2D eigenvalue weighted by Gasteiger charge is -2.22. The molecule has 0 radical (unpaired) electrons. The molecule has 0 heterocycles. The molecule has 2 aromatic carbocycles. The Morgan fingerprint density at radius 1 is 1.22 bits per heavy atom. The predicted molar refractivity (Wildman–Crippen MR) is 111 cm³/mol. The Morgan fingerprint density at radius 2 is 1.88 bits per heavy atom. The molecule has 12 heteroatoms. The van der Waals surface area contributed by atoms with E-state index in [-0.39, 0.29) is 18.5 Å². The highest BCUT2D eigenvalue weighted by Crippen LogP contribution is 2.39. The van der Waals surface area contributed by atoms with Crippen LogP contribution in [-0.2, 0) is 11.2 Å². The first-order valence-corrected chi connectivity index (χ1v) is 9.35. The highest BCUT2D eigenvalue weighted by molar-refractivity contribution is 7.80. The van der Waals surface area contributed by atoms with Crippen LogP contribution in [-0.4, -0.2) is 34.9 Å². The second kappa shape index (κ2) is 10.5. The van der Waals surface area contributed by atoms with E-state index in [0.29, 0.717) is 5.56 Å². The Balaban J connectivity index is 2.65. The van der Waals surface area contributed by atoms with Gasteiger partial charge in [-0.05, 0) is 23.6 Å². The number of halogens is 3. The second-order valence-corrected chi connectivity index (χ2v) is 6.77. The Bertz CT molecular complexity index is 1060. The van der Waals surface area contributed by atoms with Crippen molar-refractivity contribution in [3.05, 3.63) is 59.2 Å². The maximum atomic E-state index is 12.8. The number of carbonyl (C=O) groups is 2. The number of nitrogens with one attached hydrogen (secondary N) is 2. The summed E-state index contributed by atoms with van der Waals surface area (Å²) in [6.07, 6.45) is -5.08. The van der Waals surface area contributed by atoms with Crippen molar-refractivity contribution >= 4 is 29.1 Å². The van der Waals surface area contributed by atoms with Crippen LogP contribution in [0.15, 0.2) is 42.5 Å². The second-order valence-electron chi connectivity index (χ2n) is 6.36. The van der Waals surface area contributed by atoms with Gasteiger partial charge in [0.2, 0.25) is 5.91 Å². The van der Waals surface area contributed by atoms with E-state index in [1.807, 2.05) is 5.32 Å². The average Bonchev–Trinajstić information content (AvgIpc) is 2.71. The highest BCUT2D eigenvalue weighted by Gasteiger charge is 2.35. The number of aromatic hydroxyl groups is 1. The summed E-state index contributed by atoms with van der Waals surface area (Å²) in [5, 5.41) is 23.7. The van der Waals surface area contributed by atoms with Crippen LogP contribution in [0.4, 0.5) is 18.0 Å². The van der Waals surface area contributed by atoms with Crippen LogP contribution in [0.5, 0.6) is 11.5 Å². The van der Waals surface area contributed by atoms with Gasteiger partial charge in [-0.3, -0.25) is 10.1 Å². The van der Waals surface area contributed by atoms with Crippen molar-refractivity contribution in [3.8, 4) is 17.6 Å². The van der Waals surface area contributed by atoms with Gasteiger partial charge >= 0.3 is 12.4 Å². The molecule has 1 atom stereocenters. The zero-order valence-electron chi connectivity index (χ0n) is 16.3. The molecular weight excluding hydrogens is 449 g/mol. The number of ether oxygens (including phenoxy) is 1. The number of nitriles is 1. The molecule has 0 aliphatic heterocycles. The van der Waals surface area contributed by atoms with E-state index >= 15 is 0 Å². The fraction of sp³-hybridized carbons (Fsp3) is 0.200. The number of benzene rings is 2. The number of phenols is 1. The van der Waals surface area contributed by atoms with Crippen LogP contribution in [0.25, 0.3) is 0 Å². The van der Waals surface area contributed by atoms with E-state index in [4.69, 9.17) is 23.2 Å². The molecule has 168 valence electrons. The summed E-state index contributed by atoms with van der Waals surface area (Å²) in [6, 6.07) is 11.2. The number of thiocarbonyl (C=S) groups is 1. The van der Waals surface area contributed by atoms with Gasteiger partial charge in [0.05, 0.1) is 17.6 Å². The summed E-state index contributed by atoms with van der Waals surface area (Å²) < 4.78 is 42.0. The maximum absolute atomic E-state index is 12.8. The standard InChI is InChI=1S/C20H17F3N4O4S/c21-20(22,23)31-14-7-6-12(15(16(14)28)18(32)27-19(25)30)13(17(29)26-9-8-24)10-11-4-2-1-3-5-11/h1-7,13,28H,9-10H2,(H,26,29)(H3,25,27,30,32). The fourth-order valence-corrected chi connectivity index (χ4v) is 3.26. The smallest absolute Gasteiger partial charge is 0.504 e. The number of hydrogen-bond acceptors (Lipinski definition) is 6. The molecule has 2 rings (SSSR count). The average molecular weight is 466 g/mol. The van der Waals surface area contributed by atoms with E-state index in [1.165, 1.54) is 0 Å². The van der Waals surface area contributed by atoms with Crippen molar-refractivity contribution in [3.63, 3.8) is 0 Å². The zero-order chi connectivity index (χ0) is 23.9. The zero-order valence-corrected chi connectivity index (χ0v) is 17.1. The summed E-state index contributed by atoms with van der Waals surface area (Å²) in [5.74, 6) is -3.77. The van der Waals surface area contributed by atoms with E-state index in [9.17, 15) is 27.9 Å². The molecule has 0 bridgehead atoms. The van der Waals surface area contributed by atoms with Gasteiger partial charge in [-0.15, -0.1) is 13.2 Å². The van der Waals surface area contributed by atoms with Crippen LogP contribution < -0.4 is 21.1 Å². The minimum atomic E-state index is -5.12. The number of hydrogen-bond donors (Lipinski definition) is 4. The summed E-state index contributed by atoms with van der Waals surface area (Å²) in [5.41, 5.74) is 5.29. The fourth-order valence-electron chi connectivity index (χ4n) is 2.94. The number of nitrogens with zero attached hydrogens (tertiary/aromatic N) is 1. The molecule has 0 spiro atoms. The predicted octanol–water partition coefficient (Wildman–Crippen LogP) is 2.60. The largest absolute Gasteiger partial charge is 0.573 e. The molecule has 3 amide bonds. The quantitative estimate of drug-likeness (QED) is 0.366. The van der Waals surface area contributed by atoms with E-state index in [2.05, 4.69) is 10.1 Å². The van der Waals surface area contributed by atoms with Gasteiger partial charge in [0.15, 0.2) is 11.5 Å². The van der Waals surface area contributed by atoms with Crippen molar-refractivity contribution < 1.29 is 32.6 Å². The highest BCUT2D eigenvalue weighted by atomic mass is 32.1. The number of amides is 3. The lowest BCUT2D eigenvalue weighted by Crippen LogP contribution is -2.36. The monoisotopic (exact) mass is 466 g/mol. The number of nitrogens with two attached hydrogens (primary N) is 1. The molecule has 0 aliphatic rings. The van der Waals surface area contributed by atoms with Crippen LogP contribution in [0.2, 0.25) is 0 Å². The van der Waals surface area contributed by atoms with Crippen LogP contribution in [0.3, 0.4) is 0 Å². The summed E-state index contributed by atoms with van der Waals surface area (Å²) in [7, 11) is 0. The molecule has 5 N–H and O–H groups in total. The summed E-state index contributed by atoms with van der Waals surface area (Å²) in [4.78, 5) is 23.6. The van der Waals surface area contributed by atoms with Crippen LogP contribution >= 0.6 is 12.2 Å². The van der Waals surface area contributed by atoms with Gasteiger partial charge in [-0.2, -0.15) is 5.26 Å². The molecular formula is C20H17F3N4O4S. The Hall–Kier alpha value is -3.85. The Labute approximate surface area is 185 Å². The van der Waals surface area contributed by atoms with Crippen molar-refractivity contribution in [2.24, 2.45) is 5.73 Å². The third kappa shape index (κ3) is 6.58. The molecule has 0 fully saturated rings. The third-order valence-corrected chi connectivity index (χ3v) is 4.49. The van der Waals surface area contributed by atoms with Crippen molar-refractivity contribution in [2.75, 3.05) is 6.54 Å². The topological polar surface area (TPSA) is 137 Å². The van der Waals surface area contributed by atoms with Gasteiger partial charge in [0, 0.05) is 0 Å². The van der Waals surface area contributed by atoms with Gasteiger partial charge in [0.25, 0.3) is 0 Å². The minimum Gasteiger partial charge on any atom is -0.504 e. The number of carbonyl (C=O) groups excluding carboxylic acids is 2. The summed E-state index contributed by atoms with van der Waals surface area (Å²) >= 11 is 5.04. The lowest BCUT2D eigenvalue weighted by atomic mass is 9.87. The number of urea groups is 1. The number of rotatable bonds is 7. The number of alkyl halides is 3. The molecule has 32 heavy (non-hydrogen) atoms. The first-order valence-electron chi connectivity index (χ1n) is 8.94. The van der Waals surface area contributed by atoms with E-state index < -0.39 is 46.3 Å². The maximum Gasteiger partial charge on any atom is 0.573 e. The number of primary amides is 1. The van der Waals surface area contributed by atoms with E-state index in [1.54, 1.807) is 36.4 Å². The normalized spacial score (nSPS) is 11.7. The van der Waals surface area contributed by atoms with E-state index in [0.717, 1.165) is 12.1 Å². The van der Waals surface area contributed by atoms with Crippen molar-refractivity contribution in [1.82, 2.24) is 10.6 Å². The lowest BCUT2D eigenvalue weighted by molar-refractivity contribution is -0.275. The summed E-state index contributed by atoms with van der Waals surface area (Å²) in [6.45, 7) is -0.329. The molecule has 0 saturated heterocycles. The van der Waals surface area contributed by atoms with Crippen molar-refractivity contribution in [1.29, 1.82) is 5.26 Å². The molecule has 8 nitrogen and oxygen atoms in total. The minimum absolute atomic E-state index is 0.00457.